The summed E-state index contributed by atoms with van der Waals surface area (Å²) in [6, 6.07) is 20.2. The molecule has 0 spiro atoms. The lowest BCUT2D eigenvalue weighted by molar-refractivity contribution is 0.240. The lowest BCUT2D eigenvalue weighted by Gasteiger charge is -2.19. The van der Waals surface area contributed by atoms with Crippen molar-refractivity contribution >= 4 is 11.7 Å². The summed E-state index contributed by atoms with van der Waals surface area (Å²) in [5.41, 5.74) is 3.41. The van der Waals surface area contributed by atoms with Gasteiger partial charge in [0, 0.05) is 44.8 Å². The van der Waals surface area contributed by atoms with Crippen molar-refractivity contribution in [1.82, 2.24) is 20.4 Å². The molecule has 0 unspecified atom stereocenters. The van der Waals surface area contributed by atoms with Crippen molar-refractivity contribution in [3.8, 4) is 0 Å². The van der Waals surface area contributed by atoms with E-state index in [1.165, 1.54) is 5.69 Å². The van der Waals surface area contributed by atoms with Crippen LogP contribution in [-0.4, -0.2) is 35.9 Å². The van der Waals surface area contributed by atoms with Crippen LogP contribution in [0.15, 0.2) is 73.1 Å². The van der Waals surface area contributed by atoms with Crippen molar-refractivity contribution in [3.05, 3.63) is 84.2 Å². The highest BCUT2D eigenvalue weighted by Gasteiger charge is 2.03. The first kappa shape index (κ1) is 19.5. The van der Waals surface area contributed by atoms with Crippen LogP contribution in [0.4, 0.5) is 10.5 Å². The third-order valence-corrected chi connectivity index (χ3v) is 4.50. The Labute approximate surface area is 166 Å². The molecule has 0 aliphatic heterocycles. The molecule has 2 aromatic carbocycles. The van der Waals surface area contributed by atoms with Gasteiger partial charge in [-0.25, -0.2) is 4.79 Å². The second kappa shape index (κ2) is 10.2. The number of rotatable bonds is 9. The van der Waals surface area contributed by atoms with Gasteiger partial charge in [-0.05, 0) is 35.7 Å². The van der Waals surface area contributed by atoms with Gasteiger partial charge in [0.05, 0.1) is 6.54 Å². The van der Waals surface area contributed by atoms with Gasteiger partial charge in [-0.2, -0.15) is 5.10 Å². The summed E-state index contributed by atoms with van der Waals surface area (Å²) >= 11 is 0. The van der Waals surface area contributed by atoms with Gasteiger partial charge in [0.15, 0.2) is 0 Å². The monoisotopic (exact) mass is 377 g/mol. The number of nitrogens with one attached hydrogen (secondary N) is 2. The summed E-state index contributed by atoms with van der Waals surface area (Å²) in [6.07, 6.45) is 4.60. The van der Waals surface area contributed by atoms with E-state index in [0.29, 0.717) is 13.1 Å². The third-order valence-electron chi connectivity index (χ3n) is 4.50. The molecule has 6 heteroatoms. The normalized spacial score (nSPS) is 10.5. The molecule has 0 bridgehead atoms. The maximum Gasteiger partial charge on any atom is 0.315 e. The fourth-order valence-electron chi connectivity index (χ4n) is 2.99. The maximum absolute atomic E-state index is 12.0. The minimum absolute atomic E-state index is 0.139. The fourth-order valence-corrected chi connectivity index (χ4v) is 2.99. The topological polar surface area (TPSA) is 62.2 Å². The van der Waals surface area contributed by atoms with E-state index in [1.54, 1.807) is 6.20 Å². The summed E-state index contributed by atoms with van der Waals surface area (Å²) in [6.45, 7) is 2.76. The number of urea groups is 1. The van der Waals surface area contributed by atoms with E-state index in [4.69, 9.17) is 0 Å². The smallest absolute Gasteiger partial charge is 0.315 e. The Morgan fingerprint density at radius 3 is 2.64 bits per heavy atom. The second-order valence-electron chi connectivity index (χ2n) is 6.74. The first-order chi connectivity index (χ1) is 13.7. The number of carbonyl (C=O) groups is 1. The van der Waals surface area contributed by atoms with E-state index in [0.717, 1.165) is 30.6 Å². The Morgan fingerprint density at radius 1 is 1.04 bits per heavy atom. The maximum atomic E-state index is 12.0. The zero-order valence-electron chi connectivity index (χ0n) is 16.2. The number of anilines is 1. The van der Waals surface area contributed by atoms with Gasteiger partial charge in [-0.3, -0.25) is 4.68 Å². The molecule has 1 heterocycles. The third kappa shape index (κ3) is 6.16. The van der Waals surface area contributed by atoms with Gasteiger partial charge in [0.25, 0.3) is 0 Å². The second-order valence-corrected chi connectivity index (χ2v) is 6.74. The van der Waals surface area contributed by atoms with E-state index in [9.17, 15) is 4.79 Å². The summed E-state index contributed by atoms with van der Waals surface area (Å²) in [5, 5.41) is 10.1. The van der Waals surface area contributed by atoms with Crippen LogP contribution in [0.3, 0.4) is 0 Å². The summed E-state index contributed by atoms with van der Waals surface area (Å²) < 4.78 is 1.88. The number of carbonyl (C=O) groups excluding carboxylic acids is 1. The fraction of sp³-hybridized carbons (Fsp3) is 0.273. The molecule has 0 aliphatic rings. The van der Waals surface area contributed by atoms with Crippen molar-refractivity contribution in [3.63, 3.8) is 0 Å². The van der Waals surface area contributed by atoms with Crippen LogP contribution in [0, 0.1) is 0 Å². The average Bonchev–Trinajstić information content (AvgIpc) is 3.23. The van der Waals surface area contributed by atoms with Crippen LogP contribution in [0.1, 0.15) is 17.5 Å². The van der Waals surface area contributed by atoms with Crippen molar-refractivity contribution in [2.45, 2.75) is 19.5 Å². The van der Waals surface area contributed by atoms with Gasteiger partial charge in [0.1, 0.15) is 0 Å². The van der Waals surface area contributed by atoms with E-state index in [1.807, 2.05) is 47.3 Å². The Kier molecular flexibility index (Phi) is 7.07. The zero-order chi connectivity index (χ0) is 19.6. The zero-order valence-corrected chi connectivity index (χ0v) is 16.2. The molecule has 2 amide bonds. The molecule has 1 aromatic heterocycles. The van der Waals surface area contributed by atoms with Gasteiger partial charge in [-0.1, -0.05) is 42.5 Å². The molecule has 0 aliphatic carbocycles. The molecule has 6 nitrogen and oxygen atoms in total. The van der Waals surface area contributed by atoms with Crippen LogP contribution in [0.25, 0.3) is 0 Å². The summed E-state index contributed by atoms with van der Waals surface area (Å²) in [7, 11) is 2.06. The lowest BCUT2D eigenvalue weighted by atomic mass is 10.1. The Balaban J connectivity index is 1.35. The molecular weight excluding hydrogens is 350 g/mol. The Hall–Kier alpha value is -3.28. The van der Waals surface area contributed by atoms with E-state index < -0.39 is 0 Å². The van der Waals surface area contributed by atoms with Crippen molar-refractivity contribution < 1.29 is 4.79 Å². The van der Waals surface area contributed by atoms with Crippen LogP contribution in [0.2, 0.25) is 0 Å². The number of hydrogen-bond acceptors (Lipinski definition) is 3. The quantitative estimate of drug-likeness (QED) is 0.563. The molecule has 3 aromatic rings. The first-order valence-electron chi connectivity index (χ1n) is 9.54. The van der Waals surface area contributed by atoms with Crippen molar-refractivity contribution in [2.75, 3.05) is 25.0 Å². The van der Waals surface area contributed by atoms with Gasteiger partial charge < -0.3 is 15.5 Å². The van der Waals surface area contributed by atoms with Gasteiger partial charge in [-0.15, -0.1) is 0 Å². The van der Waals surface area contributed by atoms with E-state index in [-0.39, 0.29) is 6.03 Å². The number of benzene rings is 2. The van der Waals surface area contributed by atoms with Crippen LogP contribution in [-0.2, 0) is 13.1 Å². The number of amides is 2. The Morgan fingerprint density at radius 2 is 1.86 bits per heavy atom. The van der Waals surface area contributed by atoms with Crippen molar-refractivity contribution in [1.29, 1.82) is 0 Å². The van der Waals surface area contributed by atoms with Crippen LogP contribution >= 0.6 is 0 Å². The number of nitrogens with zero attached hydrogens (tertiary/aromatic N) is 3. The van der Waals surface area contributed by atoms with Gasteiger partial charge in [0.2, 0.25) is 0 Å². The van der Waals surface area contributed by atoms with Crippen LogP contribution in [0.5, 0.6) is 0 Å². The van der Waals surface area contributed by atoms with E-state index >= 15 is 0 Å². The predicted molar refractivity (Wildman–Crippen MR) is 112 cm³/mol. The highest BCUT2D eigenvalue weighted by molar-refractivity contribution is 5.73. The number of hydrogen-bond donors (Lipinski definition) is 2. The molecule has 146 valence electrons. The highest BCUT2D eigenvalue weighted by Crippen LogP contribution is 2.10. The molecule has 0 atom stereocenters. The molecule has 0 fully saturated rings. The summed E-state index contributed by atoms with van der Waals surface area (Å²) in [5.74, 6) is 0. The predicted octanol–water partition coefficient (Wildman–Crippen LogP) is 3.26. The standard InChI is InChI=1S/C22H27N5O/c1-26(21-10-3-2-4-11-21)14-6-12-23-22(28)24-17-19-8-5-9-20(16-19)18-27-15-7-13-25-27/h2-5,7-11,13,15-16H,6,12,14,17-18H2,1H3,(H2,23,24,28). The SMILES string of the molecule is CN(CCCNC(=O)NCc1cccc(Cn2cccn2)c1)c1ccccc1. The van der Waals surface area contributed by atoms with Gasteiger partial charge >= 0.3 is 6.03 Å². The minimum atomic E-state index is -0.139. The molecule has 0 radical (unpaired) electrons. The first-order valence-corrected chi connectivity index (χ1v) is 9.54. The molecule has 0 saturated heterocycles. The van der Waals surface area contributed by atoms with E-state index in [2.05, 4.69) is 51.9 Å². The molecule has 2 N–H and O–H groups in total. The lowest BCUT2D eigenvalue weighted by Crippen LogP contribution is -2.36. The molecule has 3 rings (SSSR count). The van der Waals surface area contributed by atoms with Crippen LogP contribution < -0.4 is 15.5 Å². The Bertz CT molecular complexity index is 848. The molecule has 0 saturated carbocycles. The molecule has 28 heavy (non-hydrogen) atoms. The molecular formula is C22H27N5O. The summed E-state index contributed by atoms with van der Waals surface area (Å²) in [4.78, 5) is 14.2. The number of aromatic nitrogens is 2. The largest absolute Gasteiger partial charge is 0.375 e. The average molecular weight is 377 g/mol. The van der Waals surface area contributed by atoms with Crippen molar-refractivity contribution in [2.24, 2.45) is 0 Å². The highest BCUT2D eigenvalue weighted by atomic mass is 16.2. The number of para-hydroxylation sites is 1. The minimum Gasteiger partial charge on any atom is -0.375 e.